The summed E-state index contributed by atoms with van der Waals surface area (Å²) in [6.45, 7) is 0.145. The fourth-order valence-corrected chi connectivity index (χ4v) is 3.31. The molecule has 3 N–H and O–H groups in total. The van der Waals surface area contributed by atoms with E-state index in [4.69, 9.17) is 16.3 Å². The maximum Gasteiger partial charge on any atom is 0.319 e. The molecule has 25 heavy (non-hydrogen) atoms. The number of nitrogens with one attached hydrogen (secondary N) is 2. The molecule has 0 heterocycles. The van der Waals surface area contributed by atoms with Gasteiger partial charge in [0, 0.05) is 10.7 Å². The lowest BCUT2D eigenvalue weighted by Crippen LogP contribution is -2.44. The van der Waals surface area contributed by atoms with Gasteiger partial charge in [-0.05, 0) is 66.8 Å². The summed E-state index contributed by atoms with van der Waals surface area (Å²) in [6.07, 6.45) is 2.36. The number of aliphatic hydroxyl groups is 1. The average Bonchev–Trinajstić information content (AvgIpc) is 2.62. The Balaban J connectivity index is 1.66. The molecular weight excluding hydrogens is 340 g/mol. The van der Waals surface area contributed by atoms with E-state index in [1.165, 1.54) is 0 Å². The molecule has 1 aliphatic carbocycles. The van der Waals surface area contributed by atoms with Gasteiger partial charge in [-0.3, -0.25) is 0 Å². The number of hydrogen-bond acceptors (Lipinski definition) is 3. The van der Waals surface area contributed by atoms with Crippen molar-refractivity contribution in [3.63, 3.8) is 0 Å². The molecule has 0 spiro atoms. The highest BCUT2D eigenvalue weighted by Crippen LogP contribution is 2.36. The second kappa shape index (κ2) is 7.33. The third-order valence-corrected chi connectivity index (χ3v) is 4.75. The van der Waals surface area contributed by atoms with Crippen LogP contribution in [0.5, 0.6) is 5.75 Å². The lowest BCUT2D eigenvalue weighted by molar-refractivity contribution is 0.0220. The first-order valence-corrected chi connectivity index (χ1v) is 8.58. The lowest BCUT2D eigenvalue weighted by Gasteiger charge is -2.34. The molecule has 1 atom stereocenters. The monoisotopic (exact) mass is 360 g/mol. The van der Waals surface area contributed by atoms with Crippen LogP contribution in [0, 0.1) is 0 Å². The number of carbonyl (C=O) groups excluding carboxylic acids is 1. The van der Waals surface area contributed by atoms with Crippen LogP contribution in [0.1, 0.15) is 24.0 Å². The molecule has 0 saturated carbocycles. The van der Waals surface area contributed by atoms with E-state index in [9.17, 15) is 9.90 Å². The van der Waals surface area contributed by atoms with Gasteiger partial charge in [-0.1, -0.05) is 17.7 Å². The highest BCUT2D eigenvalue weighted by atomic mass is 35.5. The lowest BCUT2D eigenvalue weighted by atomic mass is 9.79. The zero-order chi connectivity index (χ0) is 17.9. The molecule has 0 fully saturated rings. The van der Waals surface area contributed by atoms with E-state index < -0.39 is 5.60 Å². The molecule has 0 saturated heterocycles. The van der Waals surface area contributed by atoms with Crippen LogP contribution in [0.2, 0.25) is 5.02 Å². The van der Waals surface area contributed by atoms with E-state index in [1.807, 2.05) is 18.2 Å². The van der Waals surface area contributed by atoms with E-state index in [0.29, 0.717) is 17.1 Å². The van der Waals surface area contributed by atoms with E-state index in [2.05, 4.69) is 10.6 Å². The highest BCUT2D eigenvalue weighted by molar-refractivity contribution is 6.30. The standard InChI is InChI=1S/C19H21ClN2O3/c1-25-16-8-9-17-13(11-16)3-2-10-19(17,24)12-21-18(23)22-15-6-4-14(20)5-7-15/h4-9,11,24H,2-3,10,12H2,1H3,(H2,21,22,23). The molecule has 2 amide bonds. The van der Waals surface area contributed by atoms with Gasteiger partial charge in [-0.25, -0.2) is 4.79 Å². The number of rotatable bonds is 4. The average molecular weight is 361 g/mol. The Morgan fingerprint density at radius 2 is 2.04 bits per heavy atom. The molecule has 1 unspecified atom stereocenters. The van der Waals surface area contributed by atoms with Crippen LogP contribution in [0.25, 0.3) is 0 Å². The first-order valence-electron chi connectivity index (χ1n) is 8.20. The minimum Gasteiger partial charge on any atom is -0.497 e. The molecule has 132 valence electrons. The first kappa shape index (κ1) is 17.6. The molecule has 2 aromatic carbocycles. The Labute approximate surface area is 152 Å². The number of urea groups is 1. The molecule has 3 rings (SSSR count). The maximum atomic E-state index is 12.1. The summed E-state index contributed by atoms with van der Waals surface area (Å²) in [6, 6.07) is 12.2. The van der Waals surface area contributed by atoms with Crippen molar-refractivity contribution in [1.29, 1.82) is 0 Å². The van der Waals surface area contributed by atoms with Gasteiger partial charge in [0.05, 0.1) is 13.7 Å². The molecule has 5 nitrogen and oxygen atoms in total. The molecule has 0 radical (unpaired) electrons. The van der Waals surface area contributed by atoms with Crippen molar-refractivity contribution in [3.8, 4) is 5.75 Å². The van der Waals surface area contributed by atoms with Gasteiger partial charge in [-0.2, -0.15) is 0 Å². The van der Waals surface area contributed by atoms with Crippen molar-refractivity contribution in [2.45, 2.75) is 24.9 Å². The molecule has 6 heteroatoms. The van der Waals surface area contributed by atoms with Crippen molar-refractivity contribution >= 4 is 23.3 Å². The topological polar surface area (TPSA) is 70.6 Å². The number of halogens is 1. The quantitative estimate of drug-likeness (QED) is 0.778. The molecule has 0 aliphatic heterocycles. The summed E-state index contributed by atoms with van der Waals surface area (Å²) in [7, 11) is 1.62. The van der Waals surface area contributed by atoms with Crippen LogP contribution >= 0.6 is 11.6 Å². The molecule has 0 aromatic heterocycles. The summed E-state index contributed by atoms with van der Waals surface area (Å²) in [5.74, 6) is 0.774. The first-order chi connectivity index (χ1) is 12.0. The van der Waals surface area contributed by atoms with Gasteiger partial charge in [0.15, 0.2) is 0 Å². The third-order valence-electron chi connectivity index (χ3n) is 4.49. The van der Waals surface area contributed by atoms with Crippen LogP contribution in [0.4, 0.5) is 10.5 Å². The van der Waals surface area contributed by atoms with Crippen molar-refractivity contribution in [2.24, 2.45) is 0 Å². The third kappa shape index (κ3) is 4.06. The minimum atomic E-state index is -1.07. The van der Waals surface area contributed by atoms with Gasteiger partial charge < -0.3 is 20.5 Å². The van der Waals surface area contributed by atoms with Crippen molar-refractivity contribution in [2.75, 3.05) is 19.0 Å². The Hall–Kier alpha value is -2.24. The van der Waals surface area contributed by atoms with Gasteiger partial charge in [0.2, 0.25) is 0 Å². The van der Waals surface area contributed by atoms with Crippen molar-refractivity contribution < 1.29 is 14.6 Å². The molecule has 1 aliphatic rings. The summed E-state index contributed by atoms with van der Waals surface area (Å²) in [4.78, 5) is 12.1. The maximum absolute atomic E-state index is 12.1. The van der Waals surface area contributed by atoms with Gasteiger partial charge in [0.1, 0.15) is 11.4 Å². The van der Waals surface area contributed by atoms with Crippen LogP contribution in [0.15, 0.2) is 42.5 Å². The number of hydrogen-bond donors (Lipinski definition) is 3. The fourth-order valence-electron chi connectivity index (χ4n) is 3.18. The van der Waals surface area contributed by atoms with Crippen LogP contribution in [-0.4, -0.2) is 24.8 Å². The Morgan fingerprint density at radius 3 is 2.76 bits per heavy atom. The minimum absolute atomic E-state index is 0.145. The predicted octanol–water partition coefficient (Wildman–Crippen LogP) is 3.69. The number of aryl methyl sites for hydroxylation is 1. The molecule has 0 bridgehead atoms. The SMILES string of the molecule is COc1ccc2c(c1)CCCC2(O)CNC(=O)Nc1ccc(Cl)cc1. The number of amides is 2. The Morgan fingerprint density at radius 1 is 1.28 bits per heavy atom. The van der Waals surface area contributed by atoms with Crippen molar-refractivity contribution in [3.05, 3.63) is 58.6 Å². The summed E-state index contributed by atoms with van der Waals surface area (Å²) in [5, 5.41) is 17.1. The van der Waals surface area contributed by atoms with Crippen LogP contribution < -0.4 is 15.4 Å². The highest BCUT2D eigenvalue weighted by Gasteiger charge is 2.34. The van der Waals surface area contributed by atoms with Gasteiger partial charge in [-0.15, -0.1) is 0 Å². The zero-order valence-corrected chi connectivity index (χ0v) is 14.8. The number of anilines is 1. The fraction of sp³-hybridized carbons (Fsp3) is 0.316. The summed E-state index contributed by atoms with van der Waals surface area (Å²) >= 11 is 5.83. The van der Waals surface area contributed by atoms with E-state index >= 15 is 0 Å². The molecular formula is C19H21ClN2O3. The molecule has 2 aromatic rings. The second-order valence-electron chi connectivity index (χ2n) is 6.22. The Kier molecular flexibility index (Phi) is 5.16. The van der Waals surface area contributed by atoms with Gasteiger partial charge >= 0.3 is 6.03 Å². The summed E-state index contributed by atoms with van der Waals surface area (Å²) in [5.41, 5.74) is 1.49. The number of benzene rings is 2. The smallest absolute Gasteiger partial charge is 0.319 e. The zero-order valence-electron chi connectivity index (χ0n) is 14.0. The number of fused-ring (bicyclic) bond motifs is 1. The second-order valence-corrected chi connectivity index (χ2v) is 6.66. The number of ether oxygens (including phenoxy) is 1. The summed E-state index contributed by atoms with van der Waals surface area (Å²) < 4.78 is 5.25. The van der Waals surface area contributed by atoms with Crippen LogP contribution in [-0.2, 0) is 12.0 Å². The van der Waals surface area contributed by atoms with E-state index in [-0.39, 0.29) is 12.6 Å². The van der Waals surface area contributed by atoms with Crippen molar-refractivity contribution in [1.82, 2.24) is 5.32 Å². The number of carbonyl (C=O) groups is 1. The Bertz CT molecular complexity index is 764. The number of methoxy groups -OCH3 is 1. The van der Waals surface area contributed by atoms with E-state index in [0.717, 1.165) is 29.7 Å². The largest absolute Gasteiger partial charge is 0.497 e. The van der Waals surface area contributed by atoms with E-state index in [1.54, 1.807) is 31.4 Å². The van der Waals surface area contributed by atoms with Crippen LogP contribution in [0.3, 0.4) is 0 Å². The normalized spacial score (nSPS) is 19.0. The predicted molar refractivity (Wildman–Crippen MR) is 98.3 cm³/mol. The van der Waals surface area contributed by atoms with Gasteiger partial charge in [0.25, 0.3) is 0 Å².